The second kappa shape index (κ2) is 11.2. The SMILES string of the molecule is CCOC(=O)Cc1csc(NC(=O)c2ccc(CNC(=O)OCc3cccs3)cc2)n1. The molecule has 1 aromatic carbocycles. The topological polar surface area (TPSA) is 107 Å². The first kappa shape index (κ1) is 22.4. The quantitative estimate of drug-likeness (QED) is 0.469. The molecule has 0 saturated carbocycles. The Kier molecular flexibility index (Phi) is 8.13. The molecule has 0 fully saturated rings. The number of rotatable bonds is 9. The van der Waals surface area contributed by atoms with Crippen LogP contribution in [-0.2, 0) is 33.8 Å². The lowest BCUT2D eigenvalue weighted by Gasteiger charge is -2.07. The molecule has 0 aliphatic rings. The van der Waals surface area contributed by atoms with Crippen LogP contribution in [0.3, 0.4) is 0 Å². The summed E-state index contributed by atoms with van der Waals surface area (Å²) in [5.74, 6) is -0.669. The third-order valence-electron chi connectivity index (χ3n) is 3.98. The Labute approximate surface area is 187 Å². The normalized spacial score (nSPS) is 10.4. The summed E-state index contributed by atoms with van der Waals surface area (Å²) in [6.07, 6.45) is -0.435. The van der Waals surface area contributed by atoms with Crippen LogP contribution in [0.5, 0.6) is 0 Å². The number of benzene rings is 1. The van der Waals surface area contributed by atoms with Gasteiger partial charge in [-0.3, -0.25) is 14.9 Å². The minimum Gasteiger partial charge on any atom is -0.466 e. The third-order valence-corrected chi connectivity index (χ3v) is 5.64. The van der Waals surface area contributed by atoms with Crippen molar-refractivity contribution in [3.05, 3.63) is 68.9 Å². The van der Waals surface area contributed by atoms with Crippen molar-refractivity contribution in [2.75, 3.05) is 11.9 Å². The van der Waals surface area contributed by atoms with Gasteiger partial charge < -0.3 is 14.8 Å². The van der Waals surface area contributed by atoms with E-state index in [0.717, 1.165) is 10.4 Å². The van der Waals surface area contributed by atoms with Crippen molar-refractivity contribution in [1.29, 1.82) is 0 Å². The van der Waals surface area contributed by atoms with E-state index in [-0.39, 0.29) is 31.4 Å². The highest BCUT2D eigenvalue weighted by Gasteiger charge is 2.12. The minimum absolute atomic E-state index is 0.0671. The van der Waals surface area contributed by atoms with Crippen LogP contribution in [0.15, 0.2) is 47.2 Å². The molecule has 10 heteroatoms. The van der Waals surface area contributed by atoms with Gasteiger partial charge >= 0.3 is 12.1 Å². The van der Waals surface area contributed by atoms with Crippen molar-refractivity contribution in [1.82, 2.24) is 10.3 Å². The average Bonchev–Trinajstić information content (AvgIpc) is 3.43. The smallest absolute Gasteiger partial charge is 0.407 e. The molecule has 0 unspecified atom stereocenters. The molecule has 0 spiro atoms. The van der Waals surface area contributed by atoms with Gasteiger partial charge in [0.15, 0.2) is 5.13 Å². The Morgan fingerprint density at radius 3 is 2.58 bits per heavy atom. The molecule has 0 aliphatic carbocycles. The lowest BCUT2D eigenvalue weighted by atomic mass is 10.1. The predicted octanol–water partition coefficient (Wildman–Crippen LogP) is 3.99. The van der Waals surface area contributed by atoms with Gasteiger partial charge in [-0.1, -0.05) is 18.2 Å². The molecule has 3 aromatic rings. The number of alkyl carbamates (subject to hydrolysis) is 1. The first-order chi connectivity index (χ1) is 15.0. The largest absolute Gasteiger partial charge is 0.466 e. The monoisotopic (exact) mass is 459 g/mol. The van der Waals surface area contributed by atoms with Crippen LogP contribution in [0.4, 0.5) is 9.93 Å². The van der Waals surface area contributed by atoms with Crippen LogP contribution < -0.4 is 10.6 Å². The van der Waals surface area contributed by atoms with Gasteiger partial charge in [0, 0.05) is 22.4 Å². The van der Waals surface area contributed by atoms with Crippen LogP contribution in [0.25, 0.3) is 0 Å². The summed E-state index contributed by atoms with van der Waals surface area (Å²) >= 11 is 2.76. The van der Waals surface area contributed by atoms with Crippen LogP contribution in [0.1, 0.15) is 33.4 Å². The predicted molar refractivity (Wildman–Crippen MR) is 118 cm³/mol. The average molecular weight is 460 g/mol. The molecule has 8 nitrogen and oxygen atoms in total. The van der Waals surface area contributed by atoms with Gasteiger partial charge in [0.1, 0.15) is 6.61 Å². The van der Waals surface area contributed by atoms with Gasteiger partial charge in [-0.15, -0.1) is 22.7 Å². The van der Waals surface area contributed by atoms with Crippen LogP contribution in [-0.4, -0.2) is 29.6 Å². The molecule has 2 amide bonds. The van der Waals surface area contributed by atoms with Gasteiger partial charge in [-0.2, -0.15) is 0 Å². The Bertz CT molecular complexity index is 1020. The molecule has 0 atom stereocenters. The van der Waals surface area contributed by atoms with E-state index in [1.54, 1.807) is 36.6 Å². The van der Waals surface area contributed by atoms with Gasteiger partial charge in [-0.25, -0.2) is 9.78 Å². The molecule has 2 N–H and O–H groups in total. The summed E-state index contributed by atoms with van der Waals surface area (Å²) in [5, 5.41) is 9.42. The van der Waals surface area contributed by atoms with E-state index in [4.69, 9.17) is 9.47 Å². The first-order valence-electron chi connectivity index (χ1n) is 9.47. The molecule has 0 radical (unpaired) electrons. The van der Waals surface area contributed by atoms with Crippen LogP contribution in [0.2, 0.25) is 0 Å². The molecule has 0 aliphatic heterocycles. The first-order valence-corrected chi connectivity index (χ1v) is 11.2. The van der Waals surface area contributed by atoms with Crippen LogP contribution >= 0.6 is 22.7 Å². The maximum Gasteiger partial charge on any atom is 0.407 e. The van der Waals surface area contributed by atoms with Crippen molar-refractivity contribution < 1.29 is 23.9 Å². The fourth-order valence-electron chi connectivity index (χ4n) is 2.51. The molecule has 162 valence electrons. The van der Waals surface area contributed by atoms with Crippen molar-refractivity contribution in [3.63, 3.8) is 0 Å². The highest BCUT2D eigenvalue weighted by Crippen LogP contribution is 2.17. The fourth-order valence-corrected chi connectivity index (χ4v) is 3.83. The Morgan fingerprint density at radius 2 is 1.87 bits per heavy atom. The molecule has 0 bridgehead atoms. The van der Waals surface area contributed by atoms with E-state index in [9.17, 15) is 14.4 Å². The van der Waals surface area contributed by atoms with E-state index in [1.807, 2.05) is 17.5 Å². The zero-order chi connectivity index (χ0) is 22.1. The van der Waals surface area contributed by atoms with Crippen molar-refractivity contribution >= 4 is 45.8 Å². The molecule has 2 heterocycles. The van der Waals surface area contributed by atoms with Crippen molar-refractivity contribution in [2.45, 2.75) is 26.5 Å². The number of thiazole rings is 1. The lowest BCUT2D eigenvalue weighted by molar-refractivity contribution is -0.142. The second-order valence-electron chi connectivity index (χ2n) is 6.29. The number of thiophene rings is 1. The van der Waals surface area contributed by atoms with Crippen molar-refractivity contribution in [3.8, 4) is 0 Å². The number of aromatic nitrogens is 1. The van der Waals surface area contributed by atoms with E-state index in [2.05, 4.69) is 15.6 Å². The summed E-state index contributed by atoms with van der Waals surface area (Å²) in [5.41, 5.74) is 1.83. The number of hydrogen-bond acceptors (Lipinski definition) is 8. The molecule has 3 rings (SSSR count). The maximum absolute atomic E-state index is 12.4. The van der Waals surface area contributed by atoms with E-state index in [0.29, 0.717) is 23.0 Å². The molecule has 0 saturated heterocycles. The third kappa shape index (κ3) is 7.19. The van der Waals surface area contributed by atoms with E-state index >= 15 is 0 Å². The summed E-state index contributed by atoms with van der Waals surface area (Å²) in [6, 6.07) is 10.6. The number of ether oxygens (including phenoxy) is 2. The lowest BCUT2D eigenvalue weighted by Crippen LogP contribution is -2.23. The summed E-state index contributed by atoms with van der Waals surface area (Å²) in [4.78, 5) is 40.9. The number of amides is 2. The Balaban J connectivity index is 1.45. The van der Waals surface area contributed by atoms with Crippen LogP contribution in [0, 0.1) is 0 Å². The molecular formula is C21H21N3O5S2. The molecule has 31 heavy (non-hydrogen) atoms. The summed E-state index contributed by atoms with van der Waals surface area (Å²) in [6.45, 7) is 2.58. The number of hydrogen-bond donors (Lipinski definition) is 2. The number of anilines is 1. The van der Waals surface area contributed by atoms with Gasteiger partial charge in [0.25, 0.3) is 5.91 Å². The number of carbonyl (C=O) groups is 3. The van der Waals surface area contributed by atoms with Gasteiger partial charge in [0.05, 0.1) is 18.7 Å². The minimum atomic E-state index is -0.502. The highest BCUT2D eigenvalue weighted by molar-refractivity contribution is 7.14. The summed E-state index contributed by atoms with van der Waals surface area (Å²) in [7, 11) is 0. The van der Waals surface area contributed by atoms with Gasteiger partial charge in [-0.05, 0) is 36.1 Å². The van der Waals surface area contributed by atoms with E-state index in [1.165, 1.54) is 22.7 Å². The standard InChI is InChI=1S/C21H21N3O5S2/c1-2-28-18(25)10-16-13-31-20(23-16)24-19(26)15-7-5-14(6-8-15)11-22-21(27)29-12-17-4-3-9-30-17/h3-9,13H,2,10-12H2,1H3,(H,22,27)(H,23,24,26). The number of carbonyl (C=O) groups excluding carboxylic acids is 3. The highest BCUT2D eigenvalue weighted by atomic mass is 32.1. The van der Waals surface area contributed by atoms with Crippen molar-refractivity contribution in [2.24, 2.45) is 0 Å². The molecular weight excluding hydrogens is 438 g/mol. The zero-order valence-electron chi connectivity index (χ0n) is 16.8. The number of esters is 1. The second-order valence-corrected chi connectivity index (χ2v) is 8.18. The summed E-state index contributed by atoms with van der Waals surface area (Å²) < 4.78 is 10.0. The number of nitrogens with zero attached hydrogens (tertiary/aromatic N) is 1. The van der Waals surface area contributed by atoms with E-state index < -0.39 is 6.09 Å². The fraction of sp³-hybridized carbons (Fsp3) is 0.238. The number of nitrogens with one attached hydrogen (secondary N) is 2. The zero-order valence-corrected chi connectivity index (χ0v) is 18.4. The molecule has 2 aromatic heterocycles. The Hall–Kier alpha value is -3.24. The van der Waals surface area contributed by atoms with Gasteiger partial charge in [0.2, 0.25) is 0 Å². The Morgan fingerprint density at radius 1 is 1.06 bits per heavy atom. The maximum atomic E-state index is 12.4.